The number of nitro benzene ring substituents is 1. The number of thiazole rings is 1. The van der Waals surface area contributed by atoms with Crippen LogP contribution in [0, 0.1) is 17.0 Å². The van der Waals surface area contributed by atoms with Gasteiger partial charge in [0, 0.05) is 27.9 Å². The van der Waals surface area contributed by atoms with Gasteiger partial charge in [0.05, 0.1) is 39.3 Å². The summed E-state index contributed by atoms with van der Waals surface area (Å²) in [6.45, 7) is 5.47. The highest BCUT2D eigenvalue weighted by molar-refractivity contribution is 9.10. The highest BCUT2D eigenvalue weighted by Gasteiger charge is 2.36. The summed E-state index contributed by atoms with van der Waals surface area (Å²) in [5.41, 5.74) is 1.19. The van der Waals surface area contributed by atoms with Gasteiger partial charge in [-0.25, -0.2) is 14.8 Å². The lowest BCUT2D eigenvalue weighted by Gasteiger charge is -2.27. The van der Waals surface area contributed by atoms with Crippen molar-refractivity contribution >= 4 is 56.8 Å². The van der Waals surface area contributed by atoms with Crippen LogP contribution in [0.15, 0.2) is 82.8 Å². The number of aromatic nitrogens is 3. The zero-order valence-electron chi connectivity index (χ0n) is 25.2. The average Bonchev–Trinajstić information content (AvgIpc) is 3.30. The molecule has 1 aliphatic rings. The van der Waals surface area contributed by atoms with Crippen LogP contribution in [0.4, 0.5) is 5.69 Å². The first-order chi connectivity index (χ1) is 22.0. The Morgan fingerprint density at radius 1 is 1.22 bits per heavy atom. The van der Waals surface area contributed by atoms with Gasteiger partial charge in [0.2, 0.25) is 0 Å². The molecule has 0 unspecified atom stereocenters. The van der Waals surface area contributed by atoms with E-state index in [9.17, 15) is 24.5 Å². The summed E-state index contributed by atoms with van der Waals surface area (Å²) in [5, 5.41) is 12.3. The molecule has 1 aliphatic heterocycles. The van der Waals surface area contributed by atoms with Gasteiger partial charge in [0.1, 0.15) is 11.8 Å². The van der Waals surface area contributed by atoms with E-state index in [1.807, 2.05) is 6.92 Å². The lowest BCUT2D eigenvalue weighted by molar-refractivity contribution is -0.387. The van der Waals surface area contributed by atoms with Crippen LogP contribution in [-0.4, -0.2) is 39.1 Å². The average molecular weight is 727 g/mol. The highest BCUT2D eigenvalue weighted by atomic mass is 79.9. The number of hydrogen-bond donors (Lipinski definition) is 1. The van der Waals surface area contributed by atoms with Gasteiger partial charge in [-0.15, -0.1) is 0 Å². The van der Waals surface area contributed by atoms with Crippen LogP contribution in [0.5, 0.6) is 5.75 Å². The first-order valence-electron chi connectivity index (χ1n) is 14.1. The minimum Gasteiger partial charge on any atom is -0.496 e. The van der Waals surface area contributed by atoms with E-state index in [1.54, 1.807) is 50.3 Å². The standard InChI is InChI=1S/C31H28BrN5O7S2/c1-5-7-20-26(29(40)44-6-2)27(19-15-18(32)9-10-22(19)43-4)36-28(39)24(46-31(36)34-20)14-17-8-11-23(21(13-17)37(41)42)45-30-33-16(3)12-25(38)35-30/h8-15,27H,5-7H2,1-4H3,(H,33,35,38)/b24-14-/t27-/m0/s1. The topological polar surface area (TPSA) is 159 Å². The molecule has 5 rings (SSSR count). The summed E-state index contributed by atoms with van der Waals surface area (Å²) >= 11 is 5.58. The molecule has 12 nitrogen and oxygen atoms in total. The zero-order valence-corrected chi connectivity index (χ0v) is 28.4. The number of aromatic amines is 1. The zero-order chi connectivity index (χ0) is 33.1. The molecule has 0 radical (unpaired) electrons. The van der Waals surface area contributed by atoms with E-state index in [2.05, 4.69) is 25.9 Å². The Kier molecular flexibility index (Phi) is 10.0. The maximum atomic E-state index is 14.1. The number of nitrogens with one attached hydrogen (secondary N) is 1. The molecule has 2 aromatic heterocycles. The number of ether oxygens (including phenoxy) is 2. The highest BCUT2D eigenvalue weighted by Crippen LogP contribution is 2.38. The smallest absolute Gasteiger partial charge is 0.338 e. The predicted octanol–water partition coefficient (Wildman–Crippen LogP) is 4.80. The molecule has 0 amide bonds. The molecule has 238 valence electrons. The van der Waals surface area contributed by atoms with Crippen LogP contribution < -0.4 is 25.2 Å². The van der Waals surface area contributed by atoms with E-state index in [4.69, 9.17) is 14.5 Å². The summed E-state index contributed by atoms with van der Waals surface area (Å²) in [5.74, 6) is -0.111. The van der Waals surface area contributed by atoms with Crippen molar-refractivity contribution < 1.29 is 19.2 Å². The van der Waals surface area contributed by atoms with Crippen molar-refractivity contribution in [3.05, 3.63) is 115 Å². The van der Waals surface area contributed by atoms with Gasteiger partial charge in [-0.3, -0.25) is 24.3 Å². The second-order valence-corrected chi connectivity index (χ2v) is 13.0. The number of fused-ring (bicyclic) bond motifs is 1. The van der Waals surface area contributed by atoms with Crippen LogP contribution in [0.2, 0.25) is 0 Å². The third kappa shape index (κ3) is 6.76. The van der Waals surface area contributed by atoms with Crippen LogP contribution in [-0.2, 0) is 9.53 Å². The fourth-order valence-electron chi connectivity index (χ4n) is 5.04. The number of hydrogen-bond acceptors (Lipinski definition) is 11. The molecule has 0 fully saturated rings. The third-order valence-corrected chi connectivity index (χ3v) is 9.34. The summed E-state index contributed by atoms with van der Waals surface area (Å²) in [7, 11) is 1.51. The number of H-pyrrole nitrogens is 1. The minimum absolute atomic E-state index is 0.136. The van der Waals surface area contributed by atoms with E-state index in [0.717, 1.165) is 27.6 Å². The first kappa shape index (κ1) is 33.0. The number of nitro groups is 1. The van der Waals surface area contributed by atoms with Crippen molar-refractivity contribution in [1.82, 2.24) is 14.5 Å². The number of rotatable bonds is 10. The maximum Gasteiger partial charge on any atom is 0.338 e. The van der Waals surface area contributed by atoms with Crippen molar-refractivity contribution in [3.63, 3.8) is 0 Å². The van der Waals surface area contributed by atoms with Gasteiger partial charge in [0.15, 0.2) is 9.96 Å². The van der Waals surface area contributed by atoms with Crippen molar-refractivity contribution in [1.29, 1.82) is 0 Å². The summed E-state index contributed by atoms with van der Waals surface area (Å²) < 4.78 is 13.5. The second-order valence-electron chi connectivity index (χ2n) is 10.1. The summed E-state index contributed by atoms with van der Waals surface area (Å²) in [6.07, 6.45) is 2.72. The Bertz CT molecular complexity index is 2140. The summed E-state index contributed by atoms with van der Waals surface area (Å²) in [6, 6.07) is 10.3. The number of methoxy groups -OCH3 is 1. The molecule has 46 heavy (non-hydrogen) atoms. The first-order valence-corrected chi connectivity index (χ1v) is 16.6. The molecule has 1 atom stereocenters. The fourth-order valence-corrected chi connectivity index (χ4v) is 7.37. The van der Waals surface area contributed by atoms with E-state index in [1.165, 1.54) is 23.8 Å². The van der Waals surface area contributed by atoms with Crippen LogP contribution in [0.3, 0.4) is 0 Å². The molecule has 2 aromatic carbocycles. The number of carbonyl (C=O) groups excluding carboxylic acids is 1. The quantitative estimate of drug-likeness (QED) is 0.105. The lowest BCUT2D eigenvalue weighted by atomic mass is 9.93. The number of aryl methyl sites for hydroxylation is 1. The molecule has 0 spiro atoms. The van der Waals surface area contributed by atoms with E-state index >= 15 is 0 Å². The van der Waals surface area contributed by atoms with Crippen molar-refractivity contribution in [2.24, 2.45) is 4.99 Å². The predicted molar refractivity (Wildman–Crippen MR) is 177 cm³/mol. The number of benzene rings is 2. The van der Waals surface area contributed by atoms with Gasteiger partial charge < -0.3 is 14.5 Å². The molecule has 3 heterocycles. The van der Waals surface area contributed by atoms with Crippen molar-refractivity contribution in [2.45, 2.75) is 49.7 Å². The Hall–Kier alpha value is -4.34. The van der Waals surface area contributed by atoms with Gasteiger partial charge in [-0.1, -0.05) is 46.7 Å². The molecule has 4 aromatic rings. The Morgan fingerprint density at radius 3 is 2.67 bits per heavy atom. The second kappa shape index (κ2) is 14.0. The van der Waals surface area contributed by atoms with Crippen LogP contribution in [0.25, 0.3) is 6.08 Å². The normalized spacial score (nSPS) is 14.5. The molecule has 0 saturated heterocycles. The number of nitrogens with zero attached hydrogens (tertiary/aromatic N) is 4. The van der Waals surface area contributed by atoms with Gasteiger partial charge in [0.25, 0.3) is 16.8 Å². The SMILES string of the molecule is CCCC1=C(C(=O)OCC)[C@H](c2cc(Br)ccc2OC)n2c(s/c(=C\c3ccc(Sc4nc(C)cc(=O)[nH]4)c([N+](=O)[O-])c3)c2=O)=N1. The third-order valence-electron chi connectivity index (χ3n) is 6.91. The molecule has 0 aliphatic carbocycles. The Balaban J connectivity index is 1.69. The number of esters is 1. The van der Waals surface area contributed by atoms with Crippen LogP contribution >= 0.6 is 39.0 Å². The number of carbonyl (C=O) groups is 1. The lowest BCUT2D eigenvalue weighted by Crippen LogP contribution is -2.40. The van der Waals surface area contributed by atoms with Crippen molar-refractivity contribution in [3.8, 4) is 5.75 Å². The van der Waals surface area contributed by atoms with E-state index in [-0.39, 0.29) is 38.0 Å². The molecule has 0 bridgehead atoms. The molecule has 1 N–H and O–H groups in total. The Labute approximate surface area is 278 Å². The van der Waals surface area contributed by atoms with Gasteiger partial charge in [-0.2, -0.15) is 0 Å². The largest absolute Gasteiger partial charge is 0.496 e. The number of allylic oxidation sites excluding steroid dienone is 1. The monoisotopic (exact) mass is 725 g/mol. The molecular formula is C31H28BrN5O7S2. The summed E-state index contributed by atoms with van der Waals surface area (Å²) in [4.78, 5) is 63.2. The van der Waals surface area contributed by atoms with Crippen LogP contribution in [0.1, 0.15) is 49.6 Å². The molecule has 15 heteroatoms. The fraction of sp³-hybridized carbons (Fsp3) is 0.258. The van der Waals surface area contributed by atoms with Crippen molar-refractivity contribution in [2.75, 3.05) is 13.7 Å². The Morgan fingerprint density at radius 2 is 2.00 bits per heavy atom. The van der Waals surface area contributed by atoms with Gasteiger partial charge >= 0.3 is 5.97 Å². The number of halogens is 1. The maximum absolute atomic E-state index is 14.1. The molecule has 0 saturated carbocycles. The van der Waals surface area contributed by atoms with E-state index in [0.29, 0.717) is 45.9 Å². The minimum atomic E-state index is -0.899. The van der Waals surface area contributed by atoms with E-state index < -0.39 is 22.5 Å². The molecular weight excluding hydrogens is 698 g/mol. The van der Waals surface area contributed by atoms with Gasteiger partial charge in [-0.05, 0) is 67.9 Å².